The molecule has 0 spiro atoms. The van der Waals surface area contributed by atoms with Gasteiger partial charge in [0.2, 0.25) is 0 Å². The normalized spacial score (nSPS) is 16.5. The number of para-hydroxylation sites is 1. The first-order valence-corrected chi connectivity index (χ1v) is 10.2. The molecule has 33 heavy (non-hydrogen) atoms. The number of carbonyl (C=O) groups excluding carboxylic acids is 2. The van der Waals surface area contributed by atoms with Gasteiger partial charge < -0.3 is 19.5 Å². The number of ether oxygens (including phenoxy) is 3. The van der Waals surface area contributed by atoms with Crippen molar-refractivity contribution >= 4 is 17.6 Å². The summed E-state index contributed by atoms with van der Waals surface area (Å²) in [6, 6.07) is 11.3. The Kier molecular flexibility index (Phi) is 6.07. The largest absolute Gasteiger partial charge is 0.494 e. The molecule has 0 unspecified atom stereocenters. The van der Waals surface area contributed by atoms with Gasteiger partial charge in [0, 0.05) is 16.8 Å². The maximum absolute atomic E-state index is 13.0. The van der Waals surface area contributed by atoms with E-state index in [1.54, 1.807) is 48.5 Å². The van der Waals surface area contributed by atoms with E-state index in [0.717, 1.165) is 0 Å². The lowest BCUT2D eigenvalue weighted by molar-refractivity contribution is -0.152. The Morgan fingerprint density at radius 1 is 1.03 bits per heavy atom. The van der Waals surface area contributed by atoms with E-state index in [4.69, 9.17) is 14.2 Å². The third kappa shape index (κ3) is 4.02. The molecule has 170 valence electrons. The van der Waals surface area contributed by atoms with Gasteiger partial charge in [0.25, 0.3) is 5.56 Å². The minimum atomic E-state index is -1.28. The first kappa shape index (κ1) is 22.0. The van der Waals surface area contributed by atoms with Crippen molar-refractivity contribution in [1.29, 1.82) is 0 Å². The number of hydrogen-bond donors (Lipinski definition) is 1. The fourth-order valence-electron chi connectivity index (χ4n) is 3.70. The molecule has 1 aliphatic rings. The number of fused-ring (bicyclic) bond motifs is 3. The molecule has 2 aromatic carbocycles. The van der Waals surface area contributed by atoms with Gasteiger partial charge in [-0.1, -0.05) is 12.1 Å². The molecule has 2 heterocycles. The summed E-state index contributed by atoms with van der Waals surface area (Å²) in [5.41, 5.74) is 0.908. The van der Waals surface area contributed by atoms with E-state index in [1.807, 2.05) is 6.92 Å². The predicted molar refractivity (Wildman–Crippen MR) is 119 cm³/mol. The molecule has 1 aliphatic heterocycles. The monoisotopic (exact) mass is 450 g/mol. The van der Waals surface area contributed by atoms with Crippen molar-refractivity contribution in [3.8, 4) is 28.4 Å². The number of anilines is 1. The number of carbonyl (C=O) groups is 2. The highest BCUT2D eigenvalue weighted by Gasteiger charge is 2.42. The summed E-state index contributed by atoms with van der Waals surface area (Å²) >= 11 is 0. The van der Waals surface area contributed by atoms with E-state index in [2.05, 4.69) is 15.4 Å². The van der Waals surface area contributed by atoms with Gasteiger partial charge in [-0.15, -0.1) is 0 Å². The van der Waals surface area contributed by atoms with E-state index in [0.29, 0.717) is 29.2 Å². The first-order valence-electron chi connectivity index (χ1n) is 10.2. The van der Waals surface area contributed by atoms with Gasteiger partial charge in [-0.25, -0.2) is 14.3 Å². The Balaban J connectivity index is 1.96. The minimum absolute atomic E-state index is 0.0127. The second-order valence-electron chi connectivity index (χ2n) is 7.15. The highest BCUT2D eigenvalue weighted by atomic mass is 16.5. The quantitative estimate of drug-likeness (QED) is 0.582. The second-order valence-corrected chi connectivity index (χ2v) is 7.15. The molecule has 0 radical (unpaired) electrons. The zero-order valence-corrected chi connectivity index (χ0v) is 18.3. The van der Waals surface area contributed by atoms with Crippen LogP contribution < -0.4 is 15.6 Å². The van der Waals surface area contributed by atoms with Crippen LogP contribution in [0.2, 0.25) is 0 Å². The van der Waals surface area contributed by atoms with Gasteiger partial charge in [0.15, 0.2) is 23.6 Å². The molecule has 0 amide bonds. The van der Waals surface area contributed by atoms with Crippen LogP contribution in [0.25, 0.3) is 22.6 Å². The van der Waals surface area contributed by atoms with Crippen LogP contribution in [0, 0.1) is 0 Å². The summed E-state index contributed by atoms with van der Waals surface area (Å²) in [7, 11) is 2.43. The Bertz CT molecular complexity index is 1250. The number of aromatic nitrogens is 3. The summed E-state index contributed by atoms with van der Waals surface area (Å²) in [6.07, 6.45) is 0. The van der Waals surface area contributed by atoms with E-state index in [-0.39, 0.29) is 11.5 Å². The molecule has 2 atom stereocenters. The minimum Gasteiger partial charge on any atom is -0.494 e. The van der Waals surface area contributed by atoms with Crippen LogP contribution in [0.3, 0.4) is 0 Å². The standard InChI is InChI=1S/C23H22N4O6/c1-4-33-14-11-9-13(10-12-14)17-21(28)25-20-15-7-5-6-8-16(15)24-18(22(29)31-2)19(23(30)32-3)27(20)26-17/h5-12,18-19,24H,4H2,1-3H3/t18-,19-/m1/s1. The van der Waals surface area contributed by atoms with Crippen molar-refractivity contribution in [2.45, 2.75) is 19.0 Å². The number of hydrogen-bond acceptors (Lipinski definition) is 9. The lowest BCUT2D eigenvalue weighted by Gasteiger charge is -2.24. The lowest BCUT2D eigenvalue weighted by Crippen LogP contribution is -2.44. The fourth-order valence-corrected chi connectivity index (χ4v) is 3.70. The molecule has 10 heteroatoms. The third-order valence-corrected chi connectivity index (χ3v) is 5.23. The van der Waals surface area contributed by atoms with E-state index < -0.39 is 29.6 Å². The topological polar surface area (TPSA) is 122 Å². The molecule has 10 nitrogen and oxygen atoms in total. The summed E-state index contributed by atoms with van der Waals surface area (Å²) in [4.78, 5) is 42.8. The molecule has 0 aliphatic carbocycles. The second kappa shape index (κ2) is 9.11. The zero-order valence-electron chi connectivity index (χ0n) is 18.3. The highest BCUT2D eigenvalue weighted by molar-refractivity contribution is 5.91. The summed E-state index contributed by atoms with van der Waals surface area (Å²) in [6.45, 7) is 2.37. The number of esters is 2. The van der Waals surface area contributed by atoms with Gasteiger partial charge in [-0.2, -0.15) is 10.1 Å². The smallest absolute Gasteiger partial charge is 0.333 e. The molecule has 0 fully saturated rings. The van der Waals surface area contributed by atoms with Gasteiger partial charge >= 0.3 is 11.9 Å². The van der Waals surface area contributed by atoms with Crippen LogP contribution in [0.5, 0.6) is 5.75 Å². The first-order chi connectivity index (χ1) is 16.0. The summed E-state index contributed by atoms with van der Waals surface area (Å²) in [5.74, 6) is -0.682. The molecule has 0 saturated heterocycles. The molecule has 1 aromatic heterocycles. The molecule has 0 saturated carbocycles. The fraction of sp³-hybridized carbons (Fsp3) is 0.261. The molecular weight excluding hydrogens is 428 g/mol. The van der Waals surface area contributed by atoms with Crippen molar-refractivity contribution < 1.29 is 23.8 Å². The Morgan fingerprint density at radius 3 is 2.39 bits per heavy atom. The summed E-state index contributed by atoms with van der Waals surface area (Å²) in [5, 5.41) is 7.52. The van der Waals surface area contributed by atoms with Crippen molar-refractivity contribution in [1.82, 2.24) is 14.8 Å². The van der Waals surface area contributed by atoms with Crippen LogP contribution in [0.15, 0.2) is 53.3 Å². The van der Waals surface area contributed by atoms with Gasteiger partial charge in [-0.05, 0) is 43.3 Å². The highest BCUT2D eigenvalue weighted by Crippen LogP contribution is 2.34. The van der Waals surface area contributed by atoms with Crippen molar-refractivity contribution in [3.05, 3.63) is 58.9 Å². The molecule has 4 rings (SSSR count). The van der Waals surface area contributed by atoms with Crippen LogP contribution >= 0.6 is 0 Å². The SMILES string of the molecule is CCOc1ccc(-c2nn3c(nc2=O)-c2ccccc2N[C@@H](C(=O)OC)[C@@H]3C(=O)OC)cc1. The van der Waals surface area contributed by atoms with Crippen LogP contribution in [0.4, 0.5) is 5.69 Å². The van der Waals surface area contributed by atoms with Crippen molar-refractivity contribution in [2.24, 2.45) is 0 Å². The number of nitrogens with one attached hydrogen (secondary N) is 1. The van der Waals surface area contributed by atoms with Gasteiger partial charge in [0.1, 0.15) is 5.75 Å². The maximum atomic E-state index is 13.0. The summed E-state index contributed by atoms with van der Waals surface area (Å²) < 4.78 is 16.6. The maximum Gasteiger partial charge on any atom is 0.333 e. The molecular formula is C23H22N4O6. The van der Waals surface area contributed by atoms with Crippen molar-refractivity contribution in [2.75, 3.05) is 26.1 Å². The number of benzene rings is 2. The Hall–Kier alpha value is -4.21. The van der Waals surface area contributed by atoms with Crippen molar-refractivity contribution in [3.63, 3.8) is 0 Å². The molecule has 1 N–H and O–H groups in total. The third-order valence-electron chi connectivity index (χ3n) is 5.23. The number of methoxy groups -OCH3 is 2. The van der Waals surface area contributed by atoms with Crippen LogP contribution in [-0.4, -0.2) is 53.6 Å². The van der Waals surface area contributed by atoms with Gasteiger partial charge in [-0.3, -0.25) is 4.79 Å². The number of rotatable bonds is 5. The molecule has 0 bridgehead atoms. The van der Waals surface area contributed by atoms with Gasteiger partial charge in [0.05, 0.1) is 20.8 Å². The Morgan fingerprint density at radius 2 is 1.73 bits per heavy atom. The predicted octanol–water partition coefficient (Wildman–Crippen LogP) is 2.05. The average Bonchev–Trinajstić information content (AvgIpc) is 2.98. The number of nitrogens with zero attached hydrogens (tertiary/aromatic N) is 3. The van der Waals surface area contributed by atoms with Crippen LogP contribution in [0.1, 0.15) is 13.0 Å². The molecule has 3 aromatic rings. The van der Waals surface area contributed by atoms with E-state index >= 15 is 0 Å². The Labute approximate surface area is 189 Å². The van der Waals surface area contributed by atoms with E-state index in [1.165, 1.54) is 18.9 Å². The average molecular weight is 450 g/mol. The zero-order chi connectivity index (χ0) is 23.5. The van der Waals surface area contributed by atoms with E-state index in [9.17, 15) is 14.4 Å². The van der Waals surface area contributed by atoms with Crippen LogP contribution in [-0.2, 0) is 19.1 Å². The lowest BCUT2D eigenvalue weighted by atomic mass is 10.1.